The molecule has 0 saturated carbocycles. The Bertz CT molecular complexity index is 1390. The highest BCUT2D eigenvalue weighted by molar-refractivity contribution is 9.10. The zero-order valence-corrected chi connectivity index (χ0v) is 22.2. The molecule has 3 aromatic carbocycles. The fraction of sp³-hybridized carbons (Fsp3) is 0.148. The zero-order chi connectivity index (χ0) is 25.8. The highest BCUT2D eigenvalue weighted by Crippen LogP contribution is 2.39. The van der Waals surface area contributed by atoms with E-state index in [1.807, 2.05) is 37.3 Å². The Balaban J connectivity index is 1.55. The van der Waals surface area contributed by atoms with E-state index in [1.165, 1.54) is 28.8 Å². The van der Waals surface area contributed by atoms with Crippen LogP contribution in [0, 0.1) is 6.92 Å². The number of methoxy groups -OCH3 is 1. The molecule has 0 aliphatic carbocycles. The molecule has 1 aliphatic rings. The normalized spacial score (nSPS) is 15.6. The highest BCUT2D eigenvalue weighted by atomic mass is 79.9. The second-order valence-corrected chi connectivity index (χ2v) is 9.90. The van der Waals surface area contributed by atoms with Crippen LogP contribution in [0.5, 0.6) is 11.5 Å². The number of aromatic carboxylic acids is 1. The summed E-state index contributed by atoms with van der Waals surface area (Å²) in [5.41, 5.74) is 3.71. The lowest BCUT2D eigenvalue weighted by molar-refractivity contribution is -0.121. The number of likely N-dealkylation sites (N-methyl/N-ethyl adjacent to an activating group) is 1. The molecule has 0 bridgehead atoms. The lowest BCUT2D eigenvalue weighted by Crippen LogP contribution is -2.23. The minimum absolute atomic E-state index is 0.175. The second-order valence-electron chi connectivity index (χ2n) is 8.03. The summed E-state index contributed by atoms with van der Waals surface area (Å²) in [6, 6.07) is 18.0. The van der Waals surface area contributed by atoms with Crippen molar-refractivity contribution in [3.8, 4) is 11.5 Å². The van der Waals surface area contributed by atoms with Crippen LogP contribution in [-0.2, 0) is 11.4 Å². The molecule has 0 unspecified atom stereocenters. The third-order valence-electron chi connectivity index (χ3n) is 5.36. The molecule has 0 atom stereocenters. The van der Waals surface area contributed by atoms with Gasteiger partial charge < -0.3 is 14.6 Å². The molecule has 1 N–H and O–H groups in total. The molecule has 1 fully saturated rings. The maximum atomic E-state index is 12.9. The number of rotatable bonds is 7. The standard InChI is InChI=1S/C27H23BrN2O5S/c1-16-5-4-6-17(11-16)15-35-24-21(28)12-18(13-22(24)34-3)14-23-25(31)30(2)27(36-23)29-20-9-7-19(8-10-20)26(32)33/h4-14H,15H2,1-3H3,(H,32,33)/b23-14-,29-27?. The van der Waals surface area contributed by atoms with Crippen molar-refractivity contribution >= 4 is 56.5 Å². The first-order valence-electron chi connectivity index (χ1n) is 10.9. The molecule has 3 aromatic rings. The van der Waals surface area contributed by atoms with Crippen molar-refractivity contribution in [1.82, 2.24) is 4.90 Å². The van der Waals surface area contributed by atoms with Gasteiger partial charge in [0, 0.05) is 7.05 Å². The average molecular weight is 567 g/mol. The Morgan fingerprint density at radius 3 is 2.58 bits per heavy atom. The van der Waals surface area contributed by atoms with Crippen LogP contribution in [0.15, 0.2) is 75.0 Å². The van der Waals surface area contributed by atoms with Crippen molar-refractivity contribution in [1.29, 1.82) is 0 Å². The molecule has 7 nitrogen and oxygen atoms in total. The van der Waals surface area contributed by atoms with E-state index in [0.717, 1.165) is 16.7 Å². The van der Waals surface area contributed by atoms with Gasteiger partial charge >= 0.3 is 5.97 Å². The van der Waals surface area contributed by atoms with E-state index in [4.69, 9.17) is 14.6 Å². The van der Waals surface area contributed by atoms with Crippen LogP contribution >= 0.6 is 27.7 Å². The van der Waals surface area contributed by atoms with Crippen LogP contribution in [0.2, 0.25) is 0 Å². The van der Waals surface area contributed by atoms with E-state index < -0.39 is 5.97 Å². The van der Waals surface area contributed by atoms with E-state index in [1.54, 1.807) is 32.4 Å². The van der Waals surface area contributed by atoms with Crippen molar-refractivity contribution in [2.45, 2.75) is 13.5 Å². The van der Waals surface area contributed by atoms with E-state index in [9.17, 15) is 9.59 Å². The van der Waals surface area contributed by atoms with Crippen LogP contribution < -0.4 is 9.47 Å². The Morgan fingerprint density at radius 1 is 1.17 bits per heavy atom. The van der Waals surface area contributed by atoms with Crippen molar-refractivity contribution in [2.75, 3.05) is 14.2 Å². The molecule has 1 saturated heterocycles. The number of amides is 1. The van der Waals surface area contributed by atoms with Crippen LogP contribution in [0.3, 0.4) is 0 Å². The van der Waals surface area contributed by atoms with Gasteiger partial charge in [-0.2, -0.15) is 0 Å². The molecular weight excluding hydrogens is 544 g/mol. The van der Waals surface area contributed by atoms with Gasteiger partial charge in [-0.15, -0.1) is 0 Å². The summed E-state index contributed by atoms with van der Waals surface area (Å²) in [5, 5.41) is 9.56. The van der Waals surface area contributed by atoms with Gasteiger partial charge in [-0.3, -0.25) is 9.69 Å². The number of benzene rings is 3. The third-order valence-corrected chi connectivity index (χ3v) is 7.01. The summed E-state index contributed by atoms with van der Waals surface area (Å²) in [7, 11) is 3.22. The molecule has 184 valence electrons. The molecule has 0 spiro atoms. The van der Waals surface area contributed by atoms with Gasteiger partial charge in [0.15, 0.2) is 16.7 Å². The molecule has 1 aliphatic heterocycles. The summed E-state index contributed by atoms with van der Waals surface area (Å²) in [6.07, 6.45) is 1.77. The Kier molecular flexibility index (Phi) is 7.81. The number of carboxylic acid groups (broad SMARTS) is 1. The number of nitrogens with zero attached hydrogens (tertiary/aromatic N) is 2. The summed E-state index contributed by atoms with van der Waals surface area (Å²) >= 11 is 4.82. The van der Waals surface area contributed by atoms with E-state index in [-0.39, 0.29) is 11.5 Å². The molecule has 0 aromatic heterocycles. The summed E-state index contributed by atoms with van der Waals surface area (Å²) in [5.74, 6) is -0.0678. The maximum absolute atomic E-state index is 12.9. The van der Waals surface area contributed by atoms with Gasteiger partial charge in [0.2, 0.25) is 0 Å². The molecule has 9 heteroatoms. The van der Waals surface area contributed by atoms with Crippen molar-refractivity contribution in [3.05, 3.63) is 92.3 Å². The fourth-order valence-electron chi connectivity index (χ4n) is 3.51. The molecule has 4 rings (SSSR count). The SMILES string of the molecule is COc1cc(/C=C2\SC(=Nc3ccc(C(=O)O)cc3)N(C)C2=O)cc(Br)c1OCc1cccc(C)c1. The lowest BCUT2D eigenvalue weighted by Gasteiger charge is -2.14. The van der Waals surface area contributed by atoms with Gasteiger partial charge in [-0.25, -0.2) is 9.79 Å². The average Bonchev–Trinajstić information content (AvgIpc) is 3.11. The molecule has 0 radical (unpaired) electrons. The first-order chi connectivity index (χ1) is 17.2. The van der Waals surface area contributed by atoms with E-state index in [0.29, 0.717) is 38.3 Å². The minimum Gasteiger partial charge on any atom is -0.493 e. The molecular formula is C27H23BrN2O5S. The van der Waals surface area contributed by atoms with Gasteiger partial charge in [0.25, 0.3) is 5.91 Å². The summed E-state index contributed by atoms with van der Waals surface area (Å²) in [6.45, 7) is 2.43. The number of halogens is 1. The first-order valence-corrected chi connectivity index (χ1v) is 12.5. The zero-order valence-electron chi connectivity index (χ0n) is 19.8. The quantitative estimate of drug-likeness (QED) is 0.339. The number of thioether (sulfide) groups is 1. The van der Waals surface area contributed by atoms with E-state index in [2.05, 4.69) is 27.0 Å². The third kappa shape index (κ3) is 5.80. The highest BCUT2D eigenvalue weighted by Gasteiger charge is 2.30. The number of carbonyl (C=O) groups is 2. The first kappa shape index (κ1) is 25.5. The fourth-order valence-corrected chi connectivity index (χ4v) is 5.07. The monoisotopic (exact) mass is 566 g/mol. The minimum atomic E-state index is -1.00. The number of aliphatic imine (C=N–C) groups is 1. The summed E-state index contributed by atoms with van der Waals surface area (Å²) in [4.78, 5) is 30.4. The number of hydrogen-bond donors (Lipinski definition) is 1. The van der Waals surface area contributed by atoms with Gasteiger partial charge in [0.05, 0.1) is 27.7 Å². The number of aryl methyl sites for hydroxylation is 1. The Hall–Kier alpha value is -3.56. The van der Waals surface area contributed by atoms with Gasteiger partial charge in [-0.1, -0.05) is 29.8 Å². The molecule has 36 heavy (non-hydrogen) atoms. The number of carbonyl (C=O) groups excluding carboxylic acids is 1. The van der Waals surface area contributed by atoms with Crippen molar-refractivity contribution < 1.29 is 24.2 Å². The number of amidine groups is 1. The van der Waals surface area contributed by atoms with Crippen LogP contribution in [0.25, 0.3) is 6.08 Å². The largest absolute Gasteiger partial charge is 0.493 e. The van der Waals surface area contributed by atoms with Crippen molar-refractivity contribution in [3.63, 3.8) is 0 Å². The second kappa shape index (κ2) is 11.0. The smallest absolute Gasteiger partial charge is 0.335 e. The maximum Gasteiger partial charge on any atom is 0.335 e. The van der Waals surface area contributed by atoms with Crippen LogP contribution in [-0.4, -0.2) is 41.2 Å². The van der Waals surface area contributed by atoms with E-state index >= 15 is 0 Å². The Morgan fingerprint density at radius 2 is 1.92 bits per heavy atom. The van der Waals surface area contributed by atoms with Crippen LogP contribution in [0.4, 0.5) is 5.69 Å². The Labute approximate surface area is 221 Å². The molecule has 1 heterocycles. The van der Waals surface area contributed by atoms with Crippen molar-refractivity contribution in [2.24, 2.45) is 4.99 Å². The number of carboxylic acids is 1. The predicted molar refractivity (Wildman–Crippen MR) is 145 cm³/mol. The van der Waals surface area contributed by atoms with Gasteiger partial charge in [-0.05, 0) is 88.2 Å². The number of hydrogen-bond acceptors (Lipinski definition) is 6. The summed E-state index contributed by atoms with van der Waals surface area (Å²) < 4.78 is 12.3. The van der Waals surface area contributed by atoms with Gasteiger partial charge in [0.1, 0.15) is 6.61 Å². The lowest BCUT2D eigenvalue weighted by atomic mass is 10.1. The molecule has 1 amide bonds. The van der Waals surface area contributed by atoms with Crippen LogP contribution in [0.1, 0.15) is 27.0 Å². The predicted octanol–water partition coefficient (Wildman–Crippen LogP) is 6.28. The number of ether oxygens (including phenoxy) is 2. The topological polar surface area (TPSA) is 88.4 Å².